The topological polar surface area (TPSA) is 29.9 Å². The first-order valence-corrected chi connectivity index (χ1v) is 7.92. The number of aromatic nitrogens is 2. The summed E-state index contributed by atoms with van der Waals surface area (Å²) in [7, 11) is 0. The second kappa shape index (κ2) is 5.90. The zero-order valence-electron chi connectivity index (χ0n) is 12.2. The van der Waals surface area contributed by atoms with Gasteiger partial charge in [-0.2, -0.15) is 0 Å². The highest BCUT2D eigenvalue weighted by atomic mass is 79.9. The van der Waals surface area contributed by atoms with Gasteiger partial charge in [-0.15, -0.1) is 0 Å². The molecule has 0 aliphatic carbocycles. The van der Waals surface area contributed by atoms with Gasteiger partial charge in [0.15, 0.2) is 0 Å². The lowest BCUT2D eigenvalue weighted by Gasteiger charge is -2.11. The van der Waals surface area contributed by atoms with Crippen molar-refractivity contribution in [2.45, 2.75) is 26.9 Å². The average molecular weight is 344 g/mol. The maximum atomic E-state index is 4.74. The summed E-state index contributed by atoms with van der Waals surface area (Å²) in [6.45, 7) is 5.92. The number of imidazole rings is 1. The van der Waals surface area contributed by atoms with Crippen molar-refractivity contribution in [3.05, 3.63) is 58.3 Å². The van der Waals surface area contributed by atoms with Crippen LogP contribution in [0.25, 0.3) is 11.0 Å². The van der Waals surface area contributed by atoms with Crippen molar-refractivity contribution in [1.82, 2.24) is 9.55 Å². The fourth-order valence-corrected chi connectivity index (χ4v) is 3.09. The Morgan fingerprint density at radius 3 is 2.76 bits per heavy atom. The predicted molar refractivity (Wildman–Crippen MR) is 91.6 cm³/mol. The first-order valence-electron chi connectivity index (χ1n) is 7.13. The maximum absolute atomic E-state index is 4.74. The molecule has 2 aromatic carbocycles. The molecule has 0 radical (unpaired) electrons. The molecular formula is C17H18BrN3. The summed E-state index contributed by atoms with van der Waals surface area (Å²) in [5.74, 6) is 1.07. The summed E-state index contributed by atoms with van der Waals surface area (Å²) in [4.78, 5) is 4.74. The number of hydrogen-bond donors (Lipinski definition) is 1. The van der Waals surface area contributed by atoms with Crippen LogP contribution in [0, 0.1) is 6.92 Å². The van der Waals surface area contributed by atoms with E-state index in [1.807, 2.05) is 6.07 Å². The number of benzene rings is 2. The Bertz CT molecular complexity index is 777. The number of fused-ring (bicyclic) bond motifs is 1. The van der Waals surface area contributed by atoms with Crippen LogP contribution in [0.1, 0.15) is 18.3 Å². The van der Waals surface area contributed by atoms with Gasteiger partial charge in [0.2, 0.25) is 0 Å². The van der Waals surface area contributed by atoms with Gasteiger partial charge in [0.05, 0.1) is 17.6 Å². The summed E-state index contributed by atoms with van der Waals surface area (Å²) in [5.41, 5.74) is 4.63. The molecule has 3 nitrogen and oxygen atoms in total. The van der Waals surface area contributed by atoms with E-state index in [-0.39, 0.29) is 0 Å². The molecule has 1 aromatic heterocycles. The molecule has 1 heterocycles. The molecule has 0 atom stereocenters. The molecule has 0 bridgehead atoms. The van der Waals surface area contributed by atoms with Crippen LogP contribution in [0.5, 0.6) is 0 Å². The molecule has 0 aliphatic heterocycles. The number of nitrogens with zero attached hydrogens (tertiary/aromatic N) is 2. The highest BCUT2D eigenvalue weighted by Gasteiger charge is 2.09. The Kier molecular flexibility index (Phi) is 3.97. The van der Waals surface area contributed by atoms with E-state index in [2.05, 4.69) is 76.1 Å². The van der Waals surface area contributed by atoms with Crippen molar-refractivity contribution in [1.29, 1.82) is 0 Å². The quantitative estimate of drug-likeness (QED) is 0.741. The van der Waals surface area contributed by atoms with Crippen molar-refractivity contribution in [2.24, 2.45) is 0 Å². The minimum absolute atomic E-state index is 0.727. The second-order valence-corrected chi connectivity index (χ2v) is 5.99. The van der Waals surface area contributed by atoms with E-state index in [4.69, 9.17) is 4.98 Å². The fourth-order valence-electron chi connectivity index (χ4n) is 2.61. The molecule has 0 aliphatic rings. The lowest BCUT2D eigenvalue weighted by Crippen LogP contribution is -2.08. The van der Waals surface area contributed by atoms with Gasteiger partial charge in [-0.25, -0.2) is 4.98 Å². The van der Waals surface area contributed by atoms with Crippen LogP contribution in [-0.4, -0.2) is 9.55 Å². The third-order valence-electron chi connectivity index (χ3n) is 3.68. The smallest absolute Gasteiger partial charge is 0.129 e. The first-order chi connectivity index (χ1) is 10.2. The van der Waals surface area contributed by atoms with E-state index >= 15 is 0 Å². The molecule has 3 rings (SSSR count). The zero-order chi connectivity index (χ0) is 14.8. The Balaban J connectivity index is 1.88. The van der Waals surface area contributed by atoms with E-state index in [0.29, 0.717) is 0 Å². The van der Waals surface area contributed by atoms with E-state index in [9.17, 15) is 0 Å². The predicted octanol–water partition coefficient (Wildman–Crippen LogP) is 4.74. The third kappa shape index (κ3) is 2.81. The summed E-state index contributed by atoms with van der Waals surface area (Å²) >= 11 is 3.49. The second-order valence-electron chi connectivity index (χ2n) is 5.07. The van der Waals surface area contributed by atoms with Crippen molar-refractivity contribution in [3.8, 4) is 0 Å². The van der Waals surface area contributed by atoms with Gasteiger partial charge in [0.25, 0.3) is 0 Å². The number of rotatable bonds is 4. The molecule has 0 saturated carbocycles. The molecule has 0 spiro atoms. The first kappa shape index (κ1) is 14.1. The summed E-state index contributed by atoms with van der Waals surface area (Å²) < 4.78 is 3.36. The number of anilines is 1. The number of nitrogens with one attached hydrogen (secondary N) is 1. The Labute approximate surface area is 133 Å². The van der Waals surface area contributed by atoms with E-state index < -0.39 is 0 Å². The van der Waals surface area contributed by atoms with Crippen LogP contribution in [0.3, 0.4) is 0 Å². The lowest BCUT2D eigenvalue weighted by molar-refractivity contribution is 0.728. The minimum Gasteiger partial charge on any atom is -0.378 e. The number of hydrogen-bond acceptors (Lipinski definition) is 2. The third-order valence-corrected chi connectivity index (χ3v) is 4.17. The molecular weight excluding hydrogens is 326 g/mol. The molecule has 0 unspecified atom stereocenters. The highest BCUT2D eigenvalue weighted by molar-refractivity contribution is 9.10. The van der Waals surface area contributed by atoms with Gasteiger partial charge in [-0.3, -0.25) is 0 Å². The number of para-hydroxylation sites is 2. The molecule has 108 valence electrons. The van der Waals surface area contributed by atoms with E-state index in [1.165, 1.54) is 11.1 Å². The minimum atomic E-state index is 0.727. The largest absolute Gasteiger partial charge is 0.378 e. The van der Waals surface area contributed by atoms with Crippen molar-refractivity contribution >= 4 is 32.7 Å². The summed E-state index contributed by atoms with van der Waals surface area (Å²) in [5, 5.41) is 3.49. The van der Waals surface area contributed by atoms with Gasteiger partial charge < -0.3 is 9.88 Å². The van der Waals surface area contributed by atoms with Crippen LogP contribution in [0.15, 0.2) is 46.9 Å². The normalized spacial score (nSPS) is 11.0. The van der Waals surface area contributed by atoms with Crippen LogP contribution in [-0.2, 0) is 13.1 Å². The molecule has 4 heteroatoms. The Hall–Kier alpha value is -1.81. The Morgan fingerprint density at radius 1 is 1.19 bits per heavy atom. The van der Waals surface area contributed by atoms with Gasteiger partial charge >= 0.3 is 0 Å². The zero-order valence-corrected chi connectivity index (χ0v) is 13.8. The maximum Gasteiger partial charge on any atom is 0.129 e. The molecule has 0 fully saturated rings. The van der Waals surface area contributed by atoms with Gasteiger partial charge in [-0.05, 0) is 49.7 Å². The number of aryl methyl sites for hydroxylation is 2. The molecule has 0 amide bonds. The summed E-state index contributed by atoms with van der Waals surface area (Å²) in [6.07, 6.45) is 0. The highest BCUT2D eigenvalue weighted by Crippen LogP contribution is 2.21. The lowest BCUT2D eigenvalue weighted by atomic mass is 10.2. The van der Waals surface area contributed by atoms with Crippen LogP contribution >= 0.6 is 15.9 Å². The van der Waals surface area contributed by atoms with Crippen LogP contribution < -0.4 is 5.32 Å². The number of halogens is 1. The Morgan fingerprint density at radius 2 is 2.00 bits per heavy atom. The average Bonchev–Trinajstić information content (AvgIpc) is 2.83. The molecule has 1 N–H and O–H groups in total. The summed E-state index contributed by atoms with van der Waals surface area (Å²) in [6, 6.07) is 14.6. The van der Waals surface area contributed by atoms with Crippen molar-refractivity contribution in [2.75, 3.05) is 5.32 Å². The van der Waals surface area contributed by atoms with Crippen molar-refractivity contribution < 1.29 is 0 Å². The fraction of sp³-hybridized carbons (Fsp3) is 0.235. The van der Waals surface area contributed by atoms with Gasteiger partial charge in [0.1, 0.15) is 5.82 Å². The van der Waals surface area contributed by atoms with Gasteiger partial charge in [-0.1, -0.05) is 28.1 Å². The monoisotopic (exact) mass is 343 g/mol. The van der Waals surface area contributed by atoms with E-state index in [1.54, 1.807) is 0 Å². The van der Waals surface area contributed by atoms with Crippen LogP contribution in [0.2, 0.25) is 0 Å². The SMILES string of the molecule is CCn1c(CNc2ccc(Br)cc2C)nc2ccccc21. The molecule has 0 saturated heterocycles. The molecule has 3 aromatic rings. The molecule has 21 heavy (non-hydrogen) atoms. The standard InChI is InChI=1S/C17H18BrN3/c1-3-21-16-7-5-4-6-15(16)20-17(21)11-19-14-9-8-13(18)10-12(14)2/h4-10,19H,3,11H2,1-2H3. The van der Waals surface area contributed by atoms with Gasteiger partial charge in [0, 0.05) is 16.7 Å². The van der Waals surface area contributed by atoms with E-state index in [0.717, 1.165) is 34.6 Å². The van der Waals surface area contributed by atoms with Crippen molar-refractivity contribution in [3.63, 3.8) is 0 Å². The van der Waals surface area contributed by atoms with Crippen LogP contribution in [0.4, 0.5) is 5.69 Å².